The van der Waals surface area contributed by atoms with Crippen LogP contribution in [0.1, 0.15) is 35.6 Å². The van der Waals surface area contributed by atoms with Crippen molar-refractivity contribution in [2.45, 2.75) is 33.3 Å². The molecule has 1 aliphatic heterocycles. The van der Waals surface area contributed by atoms with Gasteiger partial charge < -0.3 is 9.64 Å². The van der Waals surface area contributed by atoms with E-state index in [4.69, 9.17) is 4.74 Å². The third-order valence-corrected chi connectivity index (χ3v) is 4.74. The van der Waals surface area contributed by atoms with Crippen molar-refractivity contribution in [2.75, 3.05) is 23.3 Å². The van der Waals surface area contributed by atoms with E-state index in [2.05, 4.69) is 15.5 Å². The number of anilines is 2. The maximum absolute atomic E-state index is 12.4. The molecule has 1 aromatic heterocycles. The number of ether oxygens (including phenoxy) is 1. The monoisotopic (exact) mass is 360 g/mol. The summed E-state index contributed by atoms with van der Waals surface area (Å²) < 4.78 is 5.94. The van der Waals surface area contributed by atoms with Crippen LogP contribution in [-0.4, -0.2) is 41.1 Å². The normalized spacial score (nSPS) is 16.1. The van der Waals surface area contributed by atoms with E-state index in [1.165, 1.54) is 18.3 Å². The minimum Gasteiger partial charge on any atom is -0.486 e. The predicted octanol–water partition coefficient (Wildman–Crippen LogP) is 2.67. The number of Topliss-reactive ketones (excluding diaryl/α,β-unsaturated/α-hetero) is 1. The van der Waals surface area contributed by atoms with E-state index in [0.717, 1.165) is 17.1 Å². The van der Waals surface area contributed by atoms with Gasteiger partial charge in [0.2, 0.25) is 11.0 Å². The number of carbonyl (C=O) groups is 2. The second kappa shape index (κ2) is 7.18. The molecule has 0 spiro atoms. The number of aromatic nitrogens is 2. The third kappa shape index (κ3) is 3.96. The first kappa shape index (κ1) is 17.3. The molecule has 3 rings (SSSR count). The lowest BCUT2D eigenvalue weighted by Crippen LogP contribution is -2.43. The molecule has 2 aromatic rings. The Labute approximate surface area is 150 Å². The fourth-order valence-electron chi connectivity index (χ4n) is 2.69. The van der Waals surface area contributed by atoms with Crippen LogP contribution in [-0.2, 0) is 4.79 Å². The van der Waals surface area contributed by atoms with Crippen molar-refractivity contribution < 1.29 is 14.3 Å². The zero-order valence-corrected chi connectivity index (χ0v) is 15.2. The van der Waals surface area contributed by atoms with E-state index < -0.39 is 0 Å². The van der Waals surface area contributed by atoms with Gasteiger partial charge in [-0.3, -0.25) is 14.9 Å². The summed E-state index contributed by atoms with van der Waals surface area (Å²) in [6, 6.07) is 5.33. The Bertz CT molecular complexity index is 805. The highest BCUT2D eigenvalue weighted by molar-refractivity contribution is 7.15. The summed E-state index contributed by atoms with van der Waals surface area (Å²) in [4.78, 5) is 26.0. The molecule has 0 fully saturated rings. The van der Waals surface area contributed by atoms with E-state index in [1.54, 1.807) is 18.2 Å². The average Bonchev–Trinajstić information content (AvgIpc) is 2.98. The van der Waals surface area contributed by atoms with E-state index in [0.29, 0.717) is 23.0 Å². The van der Waals surface area contributed by atoms with Crippen molar-refractivity contribution in [3.8, 4) is 5.75 Å². The SMILES string of the molecule is CCC1CN(CC(=O)Nc2nnc(C)s2)c2cc(C(C)=O)ccc2O1. The van der Waals surface area contributed by atoms with Gasteiger partial charge in [-0.2, -0.15) is 0 Å². The summed E-state index contributed by atoms with van der Waals surface area (Å²) in [7, 11) is 0. The molecule has 0 radical (unpaired) electrons. The Morgan fingerprint density at radius 1 is 1.40 bits per heavy atom. The van der Waals surface area contributed by atoms with Crippen LogP contribution in [0.25, 0.3) is 0 Å². The van der Waals surface area contributed by atoms with Crippen LogP contribution in [0.2, 0.25) is 0 Å². The average molecular weight is 360 g/mol. The van der Waals surface area contributed by atoms with Crippen LogP contribution in [0.4, 0.5) is 10.8 Å². The minimum absolute atomic E-state index is 0.00671. The van der Waals surface area contributed by atoms with Gasteiger partial charge in [-0.05, 0) is 38.5 Å². The lowest BCUT2D eigenvalue weighted by Gasteiger charge is -2.35. The first-order valence-corrected chi connectivity index (χ1v) is 8.94. The number of nitrogens with zero attached hydrogens (tertiary/aromatic N) is 3. The van der Waals surface area contributed by atoms with E-state index in [9.17, 15) is 9.59 Å². The molecule has 0 saturated carbocycles. The fourth-order valence-corrected chi connectivity index (χ4v) is 3.29. The molecular weight excluding hydrogens is 340 g/mol. The number of nitrogens with one attached hydrogen (secondary N) is 1. The van der Waals surface area contributed by atoms with Crippen molar-refractivity contribution in [3.63, 3.8) is 0 Å². The summed E-state index contributed by atoms with van der Waals surface area (Å²) in [6.07, 6.45) is 0.842. The van der Waals surface area contributed by atoms with Crippen LogP contribution < -0.4 is 15.0 Å². The number of amides is 1. The van der Waals surface area contributed by atoms with Crippen molar-refractivity contribution in [3.05, 3.63) is 28.8 Å². The summed E-state index contributed by atoms with van der Waals surface area (Å²) in [5.74, 6) is 0.504. The first-order chi connectivity index (χ1) is 12.0. The maximum Gasteiger partial charge on any atom is 0.245 e. The smallest absolute Gasteiger partial charge is 0.245 e. The lowest BCUT2D eigenvalue weighted by atomic mass is 10.1. The molecule has 2 heterocycles. The molecular formula is C17H20N4O3S. The minimum atomic E-state index is -0.174. The quantitative estimate of drug-likeness (QED) is 0.825. The van der Waals surface area contributed by atoms with Crippen LogP contribution >= 0.6 is 11.3 Å². The molecule has 0 saturated heterocycles. The Hall–Kier alpha value is -2.48. The number of benzene rings is 1. The molecule has 8 heteroatoms. The van der Waals surface area contributed by atoms with Gasteiger partial charge >= 0.3 is 0 Å². The molecule has 1 atom stereocenters. The molecule has 1 aromatic carbocycles. The van der Waals surface area contributed by atoms with Gasteiger partial charge in [0.15, 0.2) is 5.78 Å². The number of hydrogen-bond donors (Lipinski definition) is 1. The maximum atomic E-state index is 12.4. The number of rotatable bonds is 5. The second-order valence-electron chi connectivity index (χ2n) is 5.94. The summed E-state index contributed by atoms with van der Waals surface area (Å²) in [5.41, 5.74) is 1.36. The summed E-state index contributed by atoms with van der Waals surface area (Å²) in [5, 5.41) is 11.9. The van der Waals surface area contributed by atoms with E-state index >= 15 is 0 Å². The number of ketones is 1. The number of fused-ring (bicyclic) bond motifs is 1. The number of hydrogen-bond acceptors (Lipinski definition) is 7. The Kier molecular flexibility index (Phi) is 4.98. The van der Waals surface area contributed by atoms with Crippen LogP contribution in [0, 0.1) is 6.92 Å². The number of aryl methyl sites for hydroxylation is 1. The first-order valence-electron chi connectivity index (χ1n) is 8.12. The predicted molar refractivity (Wildman–Crippen MR) is 96.6 cm³/mol. The molecule has 1 aliphatic rings. The van der Waals surface area contributed by atoms with Gasteiger partial charge in [-0.15, -0.1) is 10.2 Å². The highest BCUT2D eigenvalue weighted by atomic mass is 32.1. The highest BCUT2D eigenvalue weighted by Gasteiger charge is 2.27. The summed E-state index contributed by atoms with van der Waals surface area (Å²) in [6.45, 7) is 6.15. The van der Waals surface area contributed by atoms with E-state index in [1.807, 2.05) is 18.7 Å². The van der Waals surface area contributed by atoms with Gasteiger partial charge in [0.25, 0.3) is 0 Å². The van der Waals surface area contributed by atoms with Gasteiger partial charge in [0, 0.05) is 5.56 Å². The standard InChI is InChI=1S/C17H20N4O3S/c1-4-13-8-21(9-16(23)18-17-20-19-11(3)25-17)14-7-12(10(2)22)5-6-15(14)24-13/h5-7,13H,4,8-9H2,1-3H3,(H,18,20,23). The zero-order chi connectivity index (χ0) is 18.0. The van der Waals surface area contributed by atoms with Crippen molar-refractivity contribution >= 4 is 33.8 Å². The Balaban J connectivity index is 1.81. The Morgan fingerprint density at radius 3 is 2.84 bits per heavy atom. The van der Waals surface area contributed by atoms with Crippen LogP contribution in [0.5, 0.6) is 5.75 Å². The number of carbonyl (C=O) groups excluding carboxylic acids is 2. The molecule has 25 heavy (non-hydrogen) atoms. The van der Waals surface area contributed by atoms with Crippen LogP contribution in [0.3, 0.4) is 0 Å². The van der Waals surface area contributed by atoms with Gasteiger partial charge in [-0.25, -0.2) is 0 Å². The van der Waals surface area contributed by atoms with E-state index in [-0.39, 0.29) is 24.3 Å². The molecule has 132 valence electrons. The Morgan fingerprint density at radius 2 is 2.20 bits per heavy atom. The van der Waals surface area contributed by atoms with Gasteiger partial charge in [0.05, 0.1) is 18.8 Å². The topological polar surface area (TPSA) is 84.4 Å². The lowest BCUT2D eigenvalue weighted by molar-refractivity contribution is -0.115. The van der Waals surface area contributed by atoms with Gasteiger partial charge in [-0.1, -0.05) is 18.3 Å². The van der Waals surface area contributed by atoms with Crippen molar-refractivity contribution in [1.82, 2.24) is 10.2 Å². The van der Waals surface area contributed by atoms with Crippen molar-refractivity contribution in [2.24, 2.45) is 0 Å². The van der Waals surface area contributed by atoms with Crippen LogP contribution in [0.15, 0.2) is 18.2 Å². The molecule has 1 amide bonds. The molecule has 0 aliphatic carbocycles. The second-order valence-corrected chi connectivity index (χ2v) is 7.12. The largest absolute Gasteiger partial charge is 0.486 e. The molecule has 1 N–H and O–H groups in total. The highest BCUT2D eigenvalue weighted by Crippen LogP contribution is 2.35. The fraction of sp³-hybridized carbons (Fsp3) is 0.412. The van der Waals surface area contributed by atoms with Gasteiger partial charge in [0.1, 0.15) is 16.9 Å². The third-order valence-electron chi connectivity index (χ3n) is 3.99. The zero-order valence-electron chi connectivity index (χ0n) is 14.4. The van der Waals surface area contributed by atoms with Crippen molar-refractivity contribution in [1.29, 1.82) is 0 Å². The molecule has 7 nitrogen and oxygen atoms in total. The molecule has 1 unspecified atom stereocenters. The molecule has 0 bridgehead atoms. The summed E-state index contributed by atoms with van der Waals surface area (Å²) >= 11 is 1.33.